The van der Waals surface area contributed by atoms with Gasteiger partial charge in [-0.05, 0) is 48.0 Å². The van der Waals surface area contributed by atoms with E-state index in [1.807, 2.05) is 12.1 Å². The molecular formula is C18H14ClF3N4. The molecule has 0 aliphatic rings. The molecule has 0 fully saturated rings. The van der Waals surface area contributed by atoms with Crippen LogP contribution in [0.4, 0.5) is 30.6 Å². The first-order chi connectivity index (χ1) is 12.4. The van der Waals surface area contributed by atoms with Gasteiger partial charge in [-0.2, -0.15) is 18.2 Å². The molecule has 0 bridgehead atoms. The molecule has 0 aliphatic carbocycles. The lowest BCUT2D eigenvalue weighted by atomic mass is 10.2. The SMILES string of the molecule is FC(F)(F)c1ccc(Nc2ccnc(NCc3ccc(Cl)cc3)n2)cc1. The largest absolute Gasteiger partial charge is 0.416 e. The monoisotopic (exact) mass is 378 g/mol. The molecule has 3 aromatic rings. The van der Waals surface area contributed by atoms with Crippen molar-refractivity contribution in [1.82, 2.24) is 9.97 Å². The number of hydrogen-bond donors (Lipinski definition) is 2. The Hall–Kier alpha value is -2.80. The summed E-state index contributed by atoms with van der Waals surface area (Å²) in [4.78, 5) is 8.41. The van der Waals surface area contributed by atoms with Crippen LogP contribution in [0.2, 0.25) is 5.02 Å². The van der Waals surface area contributed by atoms with Gasteiger partial charge in [0.1, 0.15) is 5.82 Å². The van der Waals surface area contributed by atoms with Crippen molar-refractivity contribution in [2.24, 2.45) is 0 Å². The highest BCUT2D eigenvalue weighted by molar-refractivity contribution is 6.30. The number of nitrogens with zero attached hydrogens (tertiary/aromatic N) is 2. The first-order valence-corrected chi connectivity index (χ1v) is 8.03. The lowest BCUT2D eigenvalue weighted by Crippen LogP contribution is -2.06. The molecule has 0 saturated heterocycles. The normalized spacial score (nSPS) is 11.2. The summed E-state index contributed by atoms with van der Waals surface area (Å²) in [5.41, 5.74) is 0.815. The highest BCUT2D eigenvalue weighted by Crippen LogP contribution is 2.30. The summed E-state index contributed by atoms with van der Waals surface area (Å²) in [6.45, 7) is 0.515. The van der Waals surface area contributed by atoms with Crippen LogP contribution in [0.1, 0.15) is 11.1 Å². The molecule has 8 heteroatoms. The molecule has 1 aromatic heterocycles. The average molecular weight is 379 g/mol. The van der Waals surface area contributed by atoms with Crippen molar-refractivity contribution in [2.75, 3.05) is 10.6 Å². The number of benzene rings is 2. The molecular weight excluding hydrogens is 365 g/mol. The summed E-state index contributed by atoms with van der Waals surface area (Å²) in [5.74, 6) is 0.871. The van der Waals surface area contributed by atoms with Gasteiger partial charge in [-0.3, -0.25) is 0 Å². The first kappa shape index (κ1) is 18.0. The number of anilines is 3. The second-order valence-electron chi connectivity index (χ2n) is 5.45. The van der Waals surface area contributed by atoms with E-state index in [1.165, 1.54) is 12.1 Å². The summed E-state index contributed by atoms with van der Waals surface area (Å²) in [6.07, 6.45) is -2.80. The van der Waals surface area contributed by atoms with E-state index in [1.54, 1.807) is 24.4 Å². The number of rotatable bonds is 5. The molecule has 0 aliphatic heterocycles. The van der Waals surface area contributed by atoms with E-state index < -0.39 is 11.7 Å². The van der Waals surface area contributed by atoms with Crippen LogP contribution in [0.25, 0.3) is 0 Å². The first-order valence-electron chi connectivity index (χ1n) is 7.66. The molecule has 0 amide bonds. The molecule has 1 heterocycles. The molecule has 0 saturated carbocycles. The lowest BCUT2D eigenvalue weighted by molar-refractivity contribution is -0.137. The van der Waals surface area contributed by atoms with Gasteiger partial charge in [0.15, 0.2) is 0 Å². The molecule has 0 spiro atoms. The van der Waals surface area contributed by atoms with Crippen molar-refractivity contribution >= 4 is 29.1 Å². The van der Waals surface area contributed by atoms with Crippen LogP contribution in [-0.4, -0.2) is 9.97 Å². The number of alkyl halides is 3. The Balaban J connectivity index is 1.64. The quantitative estimate of drug-likeness (QED) is 0.615. The summed E-state index contributed by atoms with van der Waals surface area (Å²) < 4.78 is 37.8. The maximum absolute atomic E-state index is 12.6. The van der Waals surface area contributed by atoms with Crippen LogP contribution in [0.5, 0.6) is 0 Å². The van der Waals surface area contributed by atoms with E-state index >= 15 is 0 Å². The van der Waals surface area contributed by atoms with Gasteiger partial charge < -0.3 is 10.6 Å². The Morgan fingerprint density at radius 1 is 0.923 bits per heavy atom. The lowest BCUT2D eigenvalue weighted by Gasteiger charge is -2.10. The topological polar surface area (TPSA) is 49.8 Å². The van der Waals surface area contributed by atoms with Crippen LogP contribution in [0.3, 0.4) is 0 Å². The standard InChI is InChI=1S/C18H14ClF3N4/c19-14-5-1-12(2-6-14)11-24-17-23-10-9-16(26-17)25-15-7-3-13(4-8-15)18(20,21)22/h1-10H,11H2,(H2,23,24,25,26). The van der Waals surface area contributed by atoms with Crippen molar-refractivity contribution in [3.63, 3.8) is 0 Å². The minimum atomic E-state index is -4.35. The third-order valence-electron chi connectivity index (χ3n) is 3.50. The van der Waals surface area contributed by atoms with E-state index in [4.69, 9.17) is 11.6 Å². The Morgan fingerprint density at radius 2 is 1.62 bits per heavy atom. The third kappa shape index (κ3) is 4.86. The van der Waals surface area contributed by atoms with Crippen molar-refractivity contribution in [1.29, 1.82) is 0 Å². The number of halogens is 4. The van der Waals surface area contributed by atoms with Crippen molar-refractivity contribution in [3.05, 3.63) is 76.9 Å². The van der Waals surface area contributed by atoms with Crippen LogP contribution >= 0.6 is 11.6 Å². The maximum atomic E-state index is 12.6. The minimum absolute atomic E-state index is 0.400. The number of hydrogen-bond acceptors (Lipinski definition) is 4. The van der Waals surface area contributed by atoms with Crippen LogP contribution < -0.4 is 10.6 Å². The Kier molecular flexibility index (Phi) is 5.27. The van der Waals surface area contributed by atoms with Crippen molar-refractivity contribution in [2.45, 2.75) is 12.7 Å². The molecule has 26 heavy (non-hydrogen) atoms. The van der Waals surface area contributed by atoms with Crippen LogP contribution in [0, 0.1) is 0 Å². The van der Waals surface area contributed by atoms with E-state index in [-0.39, 0.29) is 0 Å². The van der Waals surface area contributed by atoms with Gasteiger partial charge in [-0.1, -0.05) is 23.7 Å². The second kappa shape index (κ2) is 7.61. The Morgan fingerprint density at radius 3 is 2.27 bits per heavy atom. The van der Waals surface area contributed by atoms with Crippen LogP contribution in [0.15, 0.2) is 60.8 Å². The molecule has 0 atom stereocenters. The average Bonchev–Trinajstić information content (AvgIpc) is 2.61. The molecule has 0 unspecified atom stereocenters. The third-order valence-corrected chi connectivity index (χ3v) is 3.76. The maximum Gasteiger partial charge on any atom is 0.416 e. The van der Waals surface area contributed by atoms with Gasteiger partial charge >= 0.3 is 6.18 Å². The highest BCUT2D eigenvalue weighted by atomic mass is 35.5. The van der Waals surface area contributed by atoms with E-state index in [9.17, 15) is 13.2 Å². The molecule has 2 N–H and O–H groups in total. The molecule has 3 rings (SSSR count). The predicted molar refractivity (Wildman–Crippen MR) is 95.5 cm³/mol. The number of aromatic nitrogens is 2. The summed E-state index contributed by atoms with van der Waals surface area (Å²) in [5, 5.41) is 6.69. The van der Waals surface area contributed by atoms with Crippen LogP contribution in [-0.2, 0) is 12.7 Å². The van der Waals surface area contributed by atoms with Gasteiger partial charge in [0, 0.05) is 23.5 Å². The van der Waals surface area contributed by atoms with Crippen molar-refractivity contribution < 1.29 is 13.2 Å². The van der Waals surface area contributed by atoms with E-state index in [0.29, 0.717) is 29.0 Å². The fraction of sp³-hybridized carbons (Fsp3) is 0.111. The smallest absolute Gasteiger partial charge is 0.350 e. The minimum Gasteiger partial charge on any atom is -0.350 e. The second-order valence-corrected chi connectivity index (χ2v) is 5.88. The van der Waals surface area contributed by atoms with Gasteiger partial charge in [0.25, 0.3) is 0 Å². The highest BCUT2D eigenvalue weighted by Gasteiger charge is 2.29. The van der Waals surface area contributed by atoms with E-state index in [2.05, 4.69) is 20.6 Å². The van der Waals surface area contributed by atoms with Gasteiger partial charge in [-0.15, -0.1) is 0 Å². The van der Waals surface area contributed by atoms with Gasteiger partial charge in [0.2, 0.25) is 5.95 Å². The summed E-state index contributed by atoms with van der Waals surface area (Å²) in [6, 6.07) is 13.7. The zero-order valence-corrected chi connectivity index (χ0v) is 14.1. The Labute approximate surface area is 153 Å². The summed E-state index contributed by atoms with van der Waals surface area (Å²) in [7, 11) is 0. The number of nitrogens with one attached hydrogen (secondary N) is 2. The molecule has 134 valence electrons. The van der Waals surface area contributed by atoms with Crippen molar-refractivity contribution in [3.8, 4) is 0 Å². The zero-order chi connectivity index (χ0) is 18.6. The predicted octanol–water partition coefficient (Wildman–Crippen LogP) is 5.50. The van der Waals surface area contributed by atoms with Gasteiger partial charge in [0.05, 0.1) is 5.56 Å². The fourth-order valence-electron chi connectivity index (χ4n) is 2.19. The molecule has 0 radical (unpaired) electrons. The fourth-order valence-corrected chi connectivity index (χ4v) is 2.31. The molecule has 2 aromatic carbocycles. The van der Waals surface area contributed by atoms with E-state index in [0.717, 1.165) is 17.7 Å². The zero-order valence-electron chi connectivity index (χ0n) is 13.4. The van der Waals surface area contributed by atoms with Gasteiger partial charge in [-0.25, -0.2) is 4.98 Å². The Bertz CT molecular complexity index is 865. The summed E-state index contributed by atoms with van der Waals surface area (Å²) >= 11 is 5.85. The molecule has 4 nitrogen and oxygen atoms in total.